The molecule has 71 heavy (non-hydrogen) atoms. The first-order chi connectivity index (χ1) is 34.5. The molecule has 3 atom stereocenters. The molecule has 0 aromatic rings. The molecule has 0 saturated heterocycles. The van der Waals surface area contributed by atoms with Crippen molar-refractivity contribution in [2.45, 2.75) is 225 Å². The number of carbonyl (C=O) groups excluding carboxylic acids is 1. The van der Waals surface area contributed by atoms with E-state index < -0.39 is 20.0 Å². The molecule has 0 spiro atoms. The number of rotatable bonds is 50. The number of allylic oxidation sites excluding steroid dienone is 19. The zero-order chi connectivity index (χ0) is 52.0. The van der Waals surface area contributed by atoms with Crippen LogP contribution in [0.5, 0.6) is 0 Å². The largest absolute Gasteiger partial charge is 0.756 e. The van der Waals surface area contributed by atoms with Crippen molar-refractivity contribution in [3.05, 3.63) is 122 Å². The van der Waals surface area contributed by atoms with Crippen LogP contribution in [0.1, 0.15) is 213 Å². The molecule has 0 aromatic carbocycles. The molecule has 0 radical (unpaired) electrons. The first-order valence-electron chi connectivity index (χ1n) is 28.4. The third kappa shape index (κ3) is 54.5. The molecule has 8 nitrogen and oxygen atoms in total. The van der Waals surface area contributed by atoms with Crippen LogP contribution in [0.3, 0.4) is 0 Å². The van der Waals surface area contributed by atoms with Gasteiger partial charge in [-0.05, 0) is 89.9 Å². The van der Waals surface area contributed by atoms with Crippen molar-refractivity contribution in [2.75, 3.05) is 40.9 Å². The number of likely N-dealkylation sites (N-methyl/N-ethyl adjacent to an activating group) is 1. The SMILES string of the molecule is CC/C=C\C/C=C\C/C=C\C/C=C\C/C=C\C/C=C\C/C=C\C/C=C\C/C=C\CCCCCCCCCCCC(=O)NC(COP(=O)([O-])OCC[N+](C)(C)C)C(O)/C=C/CCCCCCCCCCCC. The summed E-state index contributed by atoms with van der Waals surface area (Å²) in [4.78, 5) is 25.4. The Morgan fingerprint density at radius 2 is 0.859 bits per heavy atom. The number of phosphoric ester groups is 1. The zero-order valence-corrected chi connectivity index (χ0v) is 47.0. The maximum Gasteiger partial charge on any atom is 0.268 e. The predicted molar refractivity (Wildman–Crippen MR) is 306 cm³/mol. The summed E-state index contributed by atoms with van der Waals surface area (Å²) in [5, 5.41) is 13.8. The van der Waals surface area contributed by atoms with Crippen molar-refractivity contribution in [1.82, 2.24) is 5.32 Å². The fourth-order valence-corrected chi connectivity index (χ4v) is 8.22. The van der Waals surface area contributed by atoms with Gasteiger partial charge in [0.15, 0.2) is 0 Å². The van der Waals surface area contributed by atoms with Crippen molar-refractivity contribution >= 4 is 13.7 Å². The minimum absolute atomic E-state index is 0.00791. The molecule has 9 heteroatoms. The molecular weight excluding hydrogens is 900 g/mol. The topological polar surface area (TPSA) is 108 Å². The van der Waals surface area contributed by atoms with Crippen LogP contribution in [-0.2, 0) is 18.4 Å². The molecule has 1 amide bonds. The van der Waals surface area contributed by atoms with Crippen LogP contribution >= 0.6 is 7.82 Å². The maximum atomic E-state index is 12.9. The van der Waals surface area contributed by atoms with E-state index in [2.05, 4.69) is 129 Å². The van der Waals surface area contributed by atoms with Crippen molar-refractivity contribution in [2.24, 2.45) is 0 Å². The predicted octanol–water partition coefficient (Wildman–Crippen LogP) is 16.7. The highest BCUT2D eigenvalue weighted by Gasteiger charge is 2.23. The lowest BCUT2D eigenvalue weighted by molar-refractivity contribution is -0.870. The van der Waals surface area contributed by atoms with Gasteiger partial charge < -0.3 is 28.8 Å². The normalized spacial score (nSPS) is 14.9. The van der Waals surface area contributed by atoms with E-state index in [0.29, 0.717) is 17.4 Å². The van der Waals surface area contributed by atoms with Gasteiger partial charge >= 0.3 is 0 Å². The lowest BCUT2D eigenvalue weighted by Crippen LogP contribution is -2.45. The Bertz CT molecular complexity index is 1560. The van der Waals surface area contributed by atoms with E-state index in [1.807, 2.05) is 27.2 Å². The van der Waals surface area contributed by atoms with Gasteiger partial charge in [0.25, 0.3) is 7.82 Å². The molecule has 0 bridgehead atoms. The minimum Gasteiger partial charge on any atom is -0.756 e. The Balaban J connectivity index is 4.12. The molecule has 0 aromatic heterocycles. The van der Waals surface area contributed by atoms with Gasteiger partial charge in [-0.1, -0.05) is 238 Å². The minimum atomic E-state index is -4.60. The van der Waals surface area contributed by atoms with E-state index in [0.717, 1.165) is 109 Å². The summed E-state index contributed by atoms with van der Waals surface area (Å²) in [6, 6.07) is -0.897. The summed E-state index contributed by atoms with van der Waals surface area (Å²) in [6.07, 6.45) is 77.0. The Hall–Kier alpha value is -3.10. The van der Waals surface area contributed by atoms with Crippen molar-refractivity contribution < 1.29 is 32.9 Å². The lowest BCUT2D eigenvalue weighted by atomic mass is 10.0. The summed E-state index contributed by atoms with van der Waals surface area (Å²) in [5.74, 6) is -0.210. The second kappa shape index (κ2) is 51.8. The van der Waals surface area contributed by atoms with Crippen LogP contribution in [0.4, 0.5) is 0 Å². The average molecular weight is 1010 g/mol. The number of nitrogens with zero attached hydrogens (tertiary/aromatic N) is 1. The van der Waals surface area contributed by atoms with Crippen LogP contribution in [0.25, 0.3) is 0 Å². The van der Waals surface area contributed by atoms with Gasteiger partial charge in [0.1, 0.15) is 13.2 Å². The molecule has 2 N–H and O–H groups in total. The van der Waals surface area contributed by atoms with E-state index in [4.69, 9.17) is 9.05 Å². The first kappa shape index (κ1) is 67.9. The maximum absolute atomic E-state index is 12.9. The van der Waals surface area contributed by atoms with Gasteiger partial charge in [0.2, 0.25) is 5.91 Å². The summed E-state index contributed by atoms with van der Waals surface area (Å²) in [5.41, 5.74) is 0. The molecule has 0 heterocycles. The second-order valence-corrected chi connectivity index (χ2v) is 21.3. The molecule has 0 aliphatic carbocycles. The second-order valence-electron chi connectivity index (χ2n) is 19.9. The number of hydrogen-bond acceptors (Lipinski definition) is 6. The van der Waals surface area contributed by atoms with E-state index in [9.17, 15) is 19.4 Å². The number of aliphatic hydroxyl groups excluding tert-OH is 1. The van der Waals surface area contributed by atoms with Gasteiger partial charge in [-0.15, -0.1) is 0 Å². The summed E-state index contributed by atoms with van der Waals surface area (Å²) in [7, 11) is 1.24. The van der Waals surface area contributed by atoms with Gasteiger partial charge in [0.05, 0.1) is 39.9 Å². The highest BCUT2D eigenvalue weighted by molar-refractivity contribution is 7.45. The zero-order valence-electron chi connectivity index (χ0n) is 46.1. The molecule has 406 valence electrons. The van der Waals surface area contributed by atoms with Crippen LogP contribution in [0.2, 0.25) is 0 Å². The van der Waals surface area contributed by atoms with Gasteiger partial charge in [-0.25, -0.2) is 0 Å². The molecule has 3 unspecified atom stereocenters. The number of hydrogen-bond donors (Lipinski definition) is 2. The number of aliphatic hydroxyl groups is 1. The number of quaternary nitrogens is 1. The number of phosphoric acid groups is 1. The van der Waals surface area contributed by atoms with Crippen molar-refractivity contribution in [1.29, 1.82) is 0 Å². The van der Waals surface area contributed by atoms with Gasteiger partial charge in [-0.2, -0.15) is 0 Å². The standard InChI is InChI=1S/C62H107N2O6P/c1-6-8-10-12-14-16-18-20-21-22-23-24-25-26-27-28-29-30-31-32-33-34-35-36-37-38-39-40-41-42-43-44-46-48-50-52-54-56-62(66)63-60(59-70-71(67,68)69-58-57-64(3,4)5)61(65)55-53-51-49-47-45-19-17-15-13-11-9-7-2/h8,10,14,16,20-21,23-24,26-27,29-30,32-33,35-36,38-39,53,55,60-61,65H,6-7,9,11-13,15,17-19,22,25,28,31,34,37,40-52,54,56-59H2,1-5H3,(H-,63,66,67,68)/b10-8-,16-14-,21-20-,24-23-,27-26-,30-29-,33-32-,36-35-,39-38-,55-53+. The third-order valence-corrected chi connectivity index (χ3v) is 12.9. The quantitative estimate of drug-likeness (QED) is 0.0272. The summed E-state index contributed by atoms with van der Waals surface area (Å²) >= 11 is 0. The van der Waals surface area contributed by atoms with E-state index in [1.54, 1.807) is 6.08 Å². The number of amides is 1. The van der Waals surface area contributed by atoms with E-state index >= 15 is 0 Å². The van der Waals surface area contributed by atoms with Crippen molar-refractivity contribution in [3.63, 3.8) is 0 Å². The lowest BCUT2D eigenvalue weighted by Gasteiger charge is -2.29. The number of nitrogens with one attached hydrogen (secondary N) is 1. The molecule has 0 aliphatic rings. The highest BCUT2D eigenvalue weighted by atomic mass is 31.2. The van der Waals surface area contributed by atoms with Crippen molar-refractivity contribution in [3.8, 4) is 0 Å². The van der Waals surface area contributed by atoms with Gasteiger partial charge in [-0.3, -0.25) is 9.36 Å². The van der Waals surface area contributed by atoms with E-state index in [-0.39, 0.29) is 19.1 Å². The smallest absolute Gasteiger partial charge is 0.268 e. The van der Waals surface area contributed by atoms with Crippen LogP contribution < -0.4 is 10.2 Å². The monoisotopic (exact) mass is 1010 g/mol. The third-order valence-electron chi connectivity index (χ3n) is 11.9. The van der Waals surface area contributed by atoms with Gasteiger partial charge in [0, 0.05) is 6.42 Å². The Morgan fingerprint density at radius 1 is 0.507 bits per heavy atom. The molecule has 0 rings (SSSR count). The van der Waals surface area contributed by atoms with Crippen LogP contribution in [-0.4, -0.2) is 68.5 Å². The molecule has 0 saturated carbocycles. The van der Waals surface area contributed by atoms with E-state index in [1.165, 1.54) is 83.5 Å². The van der Waals surface area contributed by atoms with Crippen LogP contribution in [0.15, 0.2) is 122 Å². The fourth-order valence-electron chi connectivity index (χ4n) is 7.50. The fraction of sp³-hybridized carbons (Fsp3) is 0.661. The molecule has 0 fully saturated rings. The Morgan fingerprint density at radius 3 is 1.25 bits per heavy atom. The summed E-state index contributed by atoms with van der Waals surface area (Å²) in [6.45, 7) is 4.50. The molecule has 0 aliphatic heterocycles. The average Bonchev–Trinajstić information content (AvgIpc) is 3.33. The molecular formula is C62H107N2O6P. The number of carbonyl (C=O) groups is 1. The Kier molecular flexibility index (Phi) is 49.5. The highest BCUT2D eigenvalue weighted by Crippen LogP contribution is 2.38. The van der Waals surface area contributed by atoms with Crippen LogP contribution in [0, 0.1) is 0 Å². The first-order valence-corrected chi connectivity index (χ1v) is 29.9. The Labute approximate surface area is 437 Å². The summed E-state index contributed by atoms with van der Waals surface area (Å²) < 4.78 is 23.3. The number of unbranched alkanes of at least 4 members (excludes halogenated alkanes) is 19.